The minimum atomic E-state index is -3.76. The second-order valence-corrected chi connectivity index (χ2v) is 8.20. The van der Waals surface area contributed by atoms with Gasteiger partial charge in [0.25, 0.3) is 5.91 Å². The van der Waals surface area contributed by atoms with E-state index in [1.807, 2.05) is 0 Å². The fourth-order valence-electron chi connectivity index (χ4n) is 3.44. The molecule has 0 spiro atoms. The zero-order valence-corrected chi connectivity index (χ0v) is 14.2. The van der Waals surface area contributed by atoms with Crippen molar-refractivity contribution in [1.82, 2.24) is 10.2 Å². The molecule has 1 aliphatic carbocycles. The van der Waals surface area contributed by atoms with E-state index in [-0.39, 0.29) is 23.5 Å². The Morgan fingerprint density at radius 1 is 1.25 bits per heavy atom. The molecule has 24 heavy (non-hydrogen) atoms. The minimum absolute atomic E-state index is 0.00936. The van der Waals surface area contributed by atoms with Crippen LogP contribution in [0.4, 0.5) is 0 Å². The van der Waals surface area contributed by atoms with Crippen molar-refractivity contribution in [3.05, 3.63) is 29.8 Å². The van der Waals surface area contributed by atoms with Gasteiger partial charge in [0.05, 0.1) is 11.5 Å². The molecule has 8 heteroatoms. The standard InChI is InChI=1S/C16H23N3O4S/c17-24(22,23)13-5-3-12(4-6-13)16(21)18-15-10-19(7-8-20)9-14(15)11-1-2-11/h3-6,11,14-15,20H,1-2,7-10H2,(H,18,21)(H2,17,22,23)/t14-,15+/m1/s1. The number of nitrogens with zero attached hydrogens (tertiary/aromatic N) is 1. The Hall–Kier alpha value is -1.48. The van der Waals surface area contributed by atoms with Gasteiger partial charge in [0.1, 0.15) is 0 Å². The number of amides is 1. The van der Waals surface area contributed by atoms with Crippen LogP contribution in [-0.4, -0.2) is 56.6 Å². The highest BCUT2D eigenvalue weighted by atomic mass is 32.2. The fraction of sp³-hybridized carbons (Fsp3) is 0.562. The Morgan fingerprint density at radius 3 is 2.46 bits per heavy atom. The highest BCUT2D eigenvalue weighted by Crippen LogP contribution is 2.41. The highest BCUT2D eigenvalue weighted by Gasteiger charge is 2.42. The molecule has 0 aromatic heterocycles. The first kappa shape index (κ1) is 17.3. The maximum Gasteiger partial charge on any atom is 0.251 e. The van der Waals surface area contributed by atoms with Gasteiger partial charge in [0, 0.05) is 31.2 Å². The Kier molecular flexibility index (Phi) is 4.91. The maximum atomic E-state index is 12.5. The van der Waals surface area contributed by atoms with E-state index < -0.39 is 10.0 Å². The van der Waals surface area contributed by atoms with Crippen molar-refractivity contribution in [2.75, 3.05) is 26.2 Å². The number of aliphatic hydroxyl groups is 1. The van der Waals surface area contributed by atoms with E-state index in [1.54, 1.807) is 0 Å². The number of hydrogen-bond donors (Lipinski definition) is 3. The van der Waals surface area contributed by atoms with Crippen LogP contribution >= 0.6 is 0 Å². The van der Waals surface area contributed by atoms with E-state index in [2.05, 4.69) is 10.2 Å². The summed E-state index contributed by atoms with van der Waals surface area (Å²) in [5, 5.41) is 17.2. The molecule has 132 valence electrons. The van der Waals surface area contributed by atoms with Gasteiger partial charge in [-0.05, 0) is 48.9 Å². The quantitative estimate of drug-likeness (QED) is 0.654. The predicted molar refractivity (Wildman–Crippen MR) is 88.8 cm³/mol. The maximum absolute atomic E-state index is 12.5. The zero-order chi connectivity index (χ0) is 17.3. The molecule has 1 heterocycles. The fourth-order valence-corrected chi connectivity index (χ4v) is 3.96. The number of aliphatic hydroxyl groups excluding tert-OH is 1. The summed E-state index contributed by atoms with van der Waals surface area (Å²) in [6, 6.07) is 5.70. The van der Waals surface area contributed by atoms with Crippen molar-refractivity contribution in [1.29, 1.82) is 0 Å². The lowest BCUT2D eigenvalue weighted by Crippen LogP contribution is -2.41. The molecular formula is C16H23N3O4S. The van der Waals surface area contributed by atoms with Crippen molar-refractivity contribution < 1.29 is 18.3 Å². The first-order valence-corrected chi connectivity index (χ1v) is 9.70. The smallest absolute Gasteiger partial charge is 0.251 e. The number of primary sulfonamides is 1. The predicted octanol–water partition coefficient (Wildman–Crippen LogP) is -0.233. The lowest BCUT2D eigenvalue weighted by molar-refractivity contribution is 0.0927. The number of nitrogens with two attached hydrogens (primary N) is 1. The summed E-state index contributed by atoms with van der Waals surface area (Å²) >= 11 is 0. The van der Waals surface area contributed by atoms with Gasteiger partial charge in [-0.25, -0.2) is 13.6 Å². The van der Waals surface area contributed by atoms with E-state index in [0.29, 0.717) is 23.9 Å². The van der Waals surface area contributed by atoms with Crippen LogP contribution < -0.4 is 10.5 Å². The molecule has 2 atom stereocenters. The monoisotopic (exact) mass is 353 g/mol. The molecule has 2 fully saturated rings. The van der Waals surface area contributed by atoms with Crippen LogP contribution in [0.1, 0.15) is 23.2 Å². The molecule has 4 N–H and O–H groups in total. The summed E-state index contributed by atoms with van der Waals surface area (Å²) in [6.07, 6.45) is 2.40. The molecule has 0 radical (unpaired) electrons. The molecule has 0 bridgehead atoms. The van der Waals surface area contributed by atoms with Gasteiger partial charge in [-0.15, -0.1) is 0 Å². The van der Waals surface area contributed by atoms with E-state index in [4.69, 9.17) is 10.2 Å². The normalized spacial score (nSPS) is 24.9. The molecule has 1 amide bonds. The molecule has 1 saturated carbocycles. The van der Waals surface area contributed by atoms with E-state index in [1.165, 1.54) is 37.1 Å². The summed E-state index contributed by atoms with van der Waals surface area (Å²) in [4.78, 5) is 14.6. The average molecular weight is 353 g/mol. The summed E-state index contributed by atoms with van der Waals surface area (Å²) in [5.41, 5.74) is 0.414. The van der Waals surface area contributed by atoms with Gasteiger partial charge >= 0.3 is 0 Å². The molecular weight excluding hydrogens is 330 g/mol. The van der Waals surface area contributed by atoms with Crippen LogP contribution in [0, 0.1) is 11.8 Å². The molecule has 1 aliphatic heterocycles. The van der Waals surface area contributed by atoms with Crippen molar-refractivity contribution in [3.8, 4) is 0 Å². The molecule has 1 aromatic rings. The van der Waals surface area contributed by atoms with Gasteiger partial charge in [-0.3, -0.25) is 9.69 Å². The second-order valence-electron chi connectivity index (χ2n) is 6.63. The number of carbonyl (C=O) groups excluding carboxylic acids is 1. The first-order chi connectivity index (χ1) is 11.4. The van der Waals surface area contributed by atoms with Gasteiger partial charge in [-0.2, -0.15) is 0 Å². The van der Waals surface area contributed by atoms with Crippen LogP contribution in [0.2, 0.25) is 0 Å². The number of β-amino-alcohol motifs (C(OH)–C–C–N with tert-alkyl or cyclic N) is 1. The van der Waals surface area contributed by atoms with E-state index in [9.17, 15) is 13.2 Å². The third-order valence-electron chi connectivity index (χ3n) is 4.85. The number of rotatable bonds is 6. The molecule has 2 aliphatic rings. The zero-order valence-electron chi connectivity index (χ0n) is 13.4. The topological polar surface area (TPSA) is 113 Å². The second kappa shape index (κ2) is 6.79. The number of nitrogens with one attached hydrogen (secondary N) is 1. The number of likely N-dealkylation sites (tertiary alicyclic amines) is 1. The van der Waals surface area contributed by atoms with Crippen molar-refractivity contribution >= 4 is 15.9 Å². The van der Waals surface area contributed by atoms with Gasteiger partial charge in [-0.1, -0.05) is 0 Å². The average Bonchev–Trinajstić information content (AvgIpc) is 3.30. The molecule has 7 nitrogen and oxygen atoms in total. The summed E-state index contributed by atoms with van der Waals surface area (Å²) in [5.74, 6) is 0.866. The van der Waals surface area contributed by atoms with Crippen molar-refractivity contribution in [3.63, 3.8) is 0 Å². The minimum Gasteiger partial charge on any atom is -0.395 e. The van der Waals surface area contributed by atoms with Crippen molar-refractivity contribution in [2.24, 2.45) is 17.0 Å². The van der Waals surface area contributed by atoms with Gasteiger partial charge < -0.3 is 10.4 Å². The summed E-state index contributed by atoms with van der Waals surface area (Å²) < 4.78 is 22.5. The lowest BCUT2D eigenvalue weighted by Gasteiger charge is -2.19. The number of sulfonamides is 1. The molecule has 0 unspecified atom stereocenters. The van der Waals surface area contributed by atoms with Crippen LogP contribution in [0.15, 0.2) is 29.2 Å². The SMILES string of the molecule is NS(=O)(=O)c1ccc(C(=O)N[C@H]2CN(CCO)C[C@@H]2C2CC2)cc1. The Labute approximate surface area is 141 Å². The first-order valence-electron chi connectivity index (χ1n) is 8.15. The van der Waals surface area contributed by atoms with E-state index in [0.717, 1.165) is 13.1 Å². The lowest BCUT2D eigenvalue weighted by atomic mass is 9.98. The van der Waals surface area contributed by atoms with Gasteiger partial charge in [0.15, 0.2) is 0 Å². The summed E-state index contributed by atoms with van der Waals surface area (Å²) in [6.45, 7) is 2.38. The largest absolute Gasteiger partial charge is 0.395 e. The van der Waals surface area contributed by atoms with Crippen LogP contribution in [0.5, 0.6) is 0 Å². The molecule has 1 aromatic carbocycles. The van der Waals surface area contributed by atoms with Crippen LogP contribution in [0.3, 0.4) is 0 Å². The highest BCUT2D eigenvalue weighted by molar-refractivity contribution is 7.89. The third kappa shape index (κ3) is 3.94. The Bertz CT molecular complexity index is 701. The van der Waals surface area contributed by atoms with Gasteiger partial charge in [0.2, 0.25) is 10.0 Å². The summed E-state index contributed by atoms with van der Waals surface area (Å²) in [7, 11) is -3.76. The van der Waals surface area contributed by atoms with E-state index >= 15 is 0 Å². The van der Waals surface area contributed by atoms with Crippen LogP contribution in [0.25, 0.3) is 0 Å². The van der Waals surface area contributed by atoms with Crippen LogP contribution in [-0.2, 0) is 10.0 Å². The number of benzene rings is 1. The molecule has 1 saturated heterocycles. The number of hydrogen-bond acceptors (Lipinski definition) is 5. The Balaban J connectivity index is 1.67. The Morgan fingerprint density at radius 2 is 1.92 bits per heavy atom. The number of carbonyl (C=O) groups is 1. The third-order valence-corrected chi connectivity index (χ3v) is 5.78. The van der Waals surface area contributed by atoms with Crippen molar-refractivity contribution in [2.45, 2.75) is 23.8 Å². The molecule has 3 rings (SSSR count).